The Morgan fingerprint density at radius 3 is 2.00 bits per heavy atom. The first-order chi connectivity index (χ1) is 10.6. The highest BCUT2D eigenvalue weighted by Gasteiger charge is 2.19. The summed E-state index contributed by atoms with van der Waals surface area (Å²) in [5, 5.41) is 0. The van der Waals surface area contributed by atoms with E-state index in [4.69, 9.17) is 0 Å². The first-order valence-corrected chi connectivity index (χ1v) is 9.13. The normalized spacial score (nSPS) is 15.2. The van der Waals surface area contributed by atoms with Gasteiger partial charge in [-0.1, -0.05) is 33.6 Å². The van der Waals surface area contributed by atoms with Gasteiger partial charge in [0.1, 0.15) is 5.78 Å². The topological polar surface area (TPSA) is 40.6 Å². The molecule has 0 aliphatic carbocycles. The molecule has 130 valence electrons. The number of hydrogen-bond acceptors (Lipinski definition) is 3. The van der Waals surface area contributed by atoms with Crippen LogP contribution in [0.1, 0.15) is 72.6 Å². The quantitative estimate of drug-likeness (QED) is 0.612. The van der Waals surface area contributed by atoms with E-state index in [1.807, 2.05) is 18.7 Å². The molecule has 0 spiro atoms. The molecule has 0 saturated carbocycles. The highest BCUT2D eigenvalue weighted by Crippen LogP contribution is 2.09. The minimum absolute atomic E-state index is 0.250. The van der Waals surface area contributed by atoms with Gasteiger partial charge in [0.2, 0.25) is 5.91 Å². The summed E-state index contributed by atoms with van der Waals surface area (Å²) in [6.45, 7) is 12.8. The van der Waals surface area contributed by atoms with Crippen LogP contribution in [0.15, 0.2) is 0 Å². The summed E-state index contributed by atoms with van der Waals surface area (Å²) in [5.74, 6) is 0.544. The van der Waals surface area contributed by atoms with Crippen LogP contribution in [-0.2, 0) is 9.59 Å². The van der Waals surface area contributed by atoms with Crippen LogP contribution in [-0.4, -0.2) is 54.2 Å². The van der Waals surface area contributed by atoms with Gasteiger partial charge in [0.25, 0.3) is 0 Å². The Morgan fingerprint density at radius 2 is 1.45 bits per heavy atom. The van der Waals surface area contributed by atoms with Crippen LogP contribution in [0.4, 0.5) is 0 Å². The molecular formula is C18H36N2O2. The van der Waals surface area contributed by atoms with Crippen molar-refractivity contribution in [1.29, 1.82) is 0 Å². The molecule has 0 N–H and O–H groups in total. The van der Waals surface area contributed by atoms with Crippen LogP contribution < -0.4 is 0 Å². The summed E-state index contributed by atoms with van der Waals surface area (Å²) in [7, 11) is 0. The number of unbranched alkanes of at least 4 members (excludes halogenated alkanes) is 3. The van der Waals surface area contributed by atoms with Gasteiger partial charge < -0.3 is 9.69 Å². The molecule has 1 heterocycles. The summed E-state index contributed by atoms with van der Waals surface area (Å²) in [6.07, 6.45) is 6.62. The molecule has 4 heteroatoms. The van der Waals surface area contributed by atoms with E-state index in [9.17, 15) is 9.59 Å². The minimum Gasteiger partial charge on any atom is -0.340 e. The lowest BCUT2D eigenvalue weighted by Gasteiger charge is -2.34. The third kappa shape index (κ3) is 9.93. The molecule has 1 aliphatic heterocycles. The lowest BCUT2D eigenvalue weighted by Crippen LogP contribution is -2.48. The van der Waals surface area contributed by atoms with E-state index < -0.39 is 0 Å². The molecule has 0 aromatic carbocycles. The van der Waals surface area contributed by atoms with Gasteiger partial charge in [-0.15, -0.1) is 0 Å². The number of piperazine rings is 1. The van der Waals surface area contributed by atoms with Gasteiger partial charge >= 0.3 is 0 Å². The first kappa shape index (κ1) is 21.1. The number of ketones is 1. The Kier molecular flexibility index (Phi) is 13.2. The predicted molar refractivity (Wildman–Crippen MR) is 93.0 cm³/mol. The average molecular weight is 312 g/mol. The maximum Gasteiger partial charge on any atom is 0.222 e. The zero-order valence-corrected chi connectivity index (χ0v) is 15.2. The number of amides is 1. The molecule has 0 radical (unpaired) electrons. The van der Waals surface area contributed by atoms with Gasteiger partial charge in [-0.3, -0.25) is 9.69 Å². The second-order valence-electron chi connectivity index (χ2n) is 5.84. The van der Waals surface area contributed by atoms with Crippen molar-refractivity contribution in [1.82, 2.24) is 9.80 Å². The van der Waals surface area contributed by atoms with Crippen molar-refractivity contribution >= 4 is 11.7 Å². The lowest BCUT2D eigenvalue weighted by atomic mass is 10.1. The molecule has 22 heavy (non-hydrogen) atoms. The zero-order valence-electron chi connectivity index (χ0n) is 15.2. The van der Waals surface area contributed by atoms with Gasteiger partial charge in [0, 0.05) is 39.0 Å². The number of carbonyl (C=O) groups excluding carboxylic acids is 2. The molecule has 1 saturated heterocycles. The molecule has 1 aliphatic rings. The van der Waals surface area contributed by atoms with Gasteiger partial charge in [0.05, 0.1) is 0 Å². The summed E-state index contributed by atoms with van der Waals surface area (Å²) in [5.41, 5.74) is 0. The van der Waals surface area contributed by atoms with Crippen molar-refractivity contribution in [3.63, 3.8) is 0 Å². The molecule has 0 bridgehead atoms. The molecule has 1 rings (SSSR count). The molecular weight excluding hydrogens is 276 g/mol. The van der Waals surface area contributed by atoms with E-state index in [-0.39, 0.29) is 5.78 Å². The number of rotatable bonds is 9. The first-order valence-electron chi connectivity index (χ1n) is 9.13. The largest absolute Gasteiger partial charge is 0.340 e. The van der Waals surface area contributed by atoms with Crippen LogP contribution >= 0.6 is 0 Å². The number of hydrogen-bond donors (Lipinski definition) is 0. The van der Waals surface area contributed by atoms with Gasteiger partial charge in [-0.25, -0.2) is 0 Å². The Bertz CT molecular complexity index is 297. The molecule has 0 unspecified atom stereocenters. The number of nitrogens with zero attached hydrogens (tertiary/aromatic N) is 2. The maximum absolute atomic E-state index is 12.1. The summed E-state index contributed by atoms with van der Waals surface area (Å²) >= 11 is 0. The fourth-order valence-corrected chi connectivity index (χ4v) is 2.59. The van der Waals surface area contributed by atoms with Gasteiger partial charge in [-0.2, -0.15) is 0 Å². The Labute approximate surface area is 137 Å². The van der Waals surface area contributed by atoms with Crippen molar-refractivity contribution in [3.8, 4) is 0 Å². The van der Waals surface area contributed by atoms with Crippen LogP contribution in [0.25, 0.3) is 0 Å². The van der Waals surface area contributed by atoms with E-state index in [1.54, 1.807) is 6.92 Å². The summed E-state index contributed by atoms with van der Waals surface area (Å²) in [6, 6.07) is 0. The van der Waals surface area contributed by atoms with E-state index in [0.717, 1.165) is 45.4 Å². The average Bonchev–Trinajstić information content (AvgIpc) is 2.54. The van der Waals surface area contributed by atoms with Crippen LogP contribution in [0.3, 0.4) is 0 Å². The second kappa shape index (κ2) is 13.7. The Hall–Kier alpha value is -0.900. The lowest BCUT2D eigenvalue weighted by molar-refractivity contribution is -0.133. The van der Waals surface area contributed by atoms with E-state index in [2.05, 4.69) is 11.8 Å². The minimum atomic E-state index is 0.250. The monoisotopic (exact) mass is 312 g/mol. The van der Waals surface area contributed by atoms with E-state index >= 15 is 0 Å². The zero-order chi connectivity index (χ0) is 16.8. The highest BCUT2D eigenvalue weighted by atomic mass is 16.2. The van der Waals surface area contributed by atoms with E-state index in [0.29, 0.717) is 18.7 Å². The summed E-state index contributed by atoms with van der Waals surface area (Å²) in [4.78, 5) is 27.3. The Morgan fingerprint density at radius 1 is 0.864 bits per heavy atom. The standard InChI is InChI=1S/C16H30N2O2.C2H6/c1-3-4-10-17-11-13-18(14-12-17)16(20)9-7-5-6-8-15(2)19;1-2/h3-14H2,1-2H3;1-2H3. The molecule has 0 aromatic heterocycles. The van der Waals surface area contributed by atoms with Crippen molar-refractivity contribution in [2.75, 3.05) is 32.7 Å². The SMILES string of the molecule is CC.CCCCN1CCN(C(=O)CCCCCC(C)=O)CC1. The molecule has 1 fully saturated rings. The van der Waals surface area contributed by atoms with E-state index in [1.165, 1.54) is 19.4 Å². The van der Waals surface area contributed by atoms with Crippen LogP contribution in [0, 0.1) is 0 Å². The van der Waals surface area contributed by atoms with Crippen LogP contribution in [0.5, 0.6) is 0 Å². The molecule has 4 nitrogen and oxygen atoms in total. The van der Waals surface area contributed by atoms with Crippen LogP contribution in [0.2, 0.25) is 0 Å². The molecule has 0 aromatic rings. The van der Waals surface area contributed by atoms with Crippen molar-refractivity contribution < 1.29 is 9.59 Å². The molecule has 0 atom stereocenters. The fourth-order valence-electron chi connectivity index (χ4n) is 2.59. The number of carbonyl (C=O) groups is 2. The maximum atomic E-state index is 12.1. The Balaban J connectivity index is 0.00000211. The smallest absolute Gasteiger partial charge is 0.222 e. The van der Waals surface area contributed by atoms with Crippen molar-refractivity contribution in [2.45, 2.75) is 72.6 Å². The predicted octanol–water partition coefficient (Wildman–Crippen LogP) is 3.50. The van der Waals surface area contributed by atoms with Crippen molar-refractivity contribution in [2.24, 2.45) is 0 Å². The number of Topliss-reactive ketones (excluding diaryl/α,β-unsaturated/α-hetero) is 1. The highest BCUT2D eigenvalue weighted by molar-refractivity contribution is 5.76. The van der Waals surface area contributed by atoms with Gasteiger partial charge in [-0.05, 0) is 32.7 Å². The van der Waals surface area contributed by atoms with Crippen molar-refractivity contribution in [3.05, 3.63) is 0 Å². The second-order valence-corrected chi connectivity index (χ2v) is 5.84. The summed E-state index contributed by atoms with van der Waals surface area (Å²) < 4.78 is 0. The third-order valence-corrected chi connectivity index (χ3v) is 3.97. The third-order valence-electron chi connectivity index (χ3n) is 3.97. The fraction of sp³-hybridized carbons (Fsp3) is 0.889. The molecule has 1 amide bonds. The van der Waals surface area contributed by atoms with Gasteiger partial charge in [0.15, 0.2) is 0 Å².